The summed E-state index contributed by atoms with van der Waals surface area (Å²) in [5.74, 6) is 0.398. The van der Waals surface area contributed by atoms with Crippen molar-refractivity contribution in [1.29, 1.82) is 0 Å². The number of pyridine rings is 1. The molecular weight excluding hydrogens is 298 g/mol. The molecule has 0 saturated carbocycles. The number of nitrogen functional groups attached to an aromatic ring is 1. The molecule has 1 saturated heterocycles. The molecule has 1 aliphatic heterocycles. The summed E-state index contributed by atoms with van der Waals surface area (Å²) in [6.07, 6.45) is 2.42. The Hall–Kier alpha value is -1.63. The summed E-state index contributed by atoms with van der Waals surface area (Å²) in [5.41, 5.74) is 7.27. The largest absolute Gasteiger partial charge is 0.369 e. The SMILES string of the molecule is CN1CCC(n2c(N)nc3cc(Br)cnc32)C1=O. The maximum absolute atomic E-state index is 12.1. The first kappa shape index (κ1) is 11.5. The third-order valence-corrected chi connectivity index (χ3v) is 3.67. The van der Waals surface area contributed by atoms with E-state index >= 15 is 0 Å². The van der Waals surface area contributed by atoms with Gasteiger partial charge in [-0.1, -0.05) is 0 Å². The zero-order valence-electron chi connectivity index (χ0n) is 9.80. The highest BCUT2D eigenvalue weighted by molar-refractivity contribution is 9.10. The lowest BCUT2D eigenvalue weighted by molar-refractivity contribution is -0.129. The summed E-state index contributed by atoms with van der Waals surface area (Å²) < 4.78 is 2.57. The van der Waals surface area contributed by atoms with Gasteiger partial charge >= 0.3 is 0 Å². The zero-order chi connectivity index (χ0) is 12.9. The van der Waals surface area contributed by atoms with Crippen LogP contribution in [0.1, 0.15) is 12.5 Å². The summed E-state index contributed by atoms with van der Waals surface area (Å²) in [4.78, 5) is 22.3. The summed E-state index contributed by atoms with van der Waals surface area (Å²) in [7, 11) is 1.79. The second kappa shape index (κ2) is 3.94. The van der Waals surface area contributed by atoms with E-state index in [-0.39, 0.29) is 11.9 Å². The maximum Gasteiger partial charge on any atom is 0.245 e. The number of nitrogens with two attached hydrogens (primary N) is 1. The van der Waals surface area contributed by atoms with E-state index in [1.54, 1.807) is 22.7 Å². The topological polar surface area (TPSA) is 77.0 Å². The lowest BCUT2D eigenvalue weighted by atomic mass is 10.2. The number of likely N-dealkylation sites (N-methyl/N-ethyl adjacent to an activating group) is 1. The van der Waals surface area contributed by atoms with Gasteiger partial charge in [-0.15, -0.1) is 0 Å². The Kier molecular flexibility index (Phi) is 2.51. The van der Waals surface area contributed by atoms with E-state index in [4.69, 9.17) is 5.73 Å². The second-order valence-corrected chi connectivity index (χ2v) is 5.32. The van der Waals surface area contributed by atoms with Gasteiger partial charge in [0.25, 0.3) is 0 Å². The fourth-order valence-corrected chi connectivity index (χ4v) is 2.65. The van der Waals surface area contributed by atoms with Crippen LogP contribution in [0, 0.1) is 0 Å². The number of nitrogens with zero attached hydrogens (tertiary/aromatic N) is 4. The van der Waals surface area contributed by atoms with Gasteiger partial charge in [0.1, 0.15) is 11.6 Å². The number of likely N-dealkylation sites (tertiary alicyclic amines) is 1. The molecule has 6 nitrogen and oxygen atoms in total. The average molecular weight is 310 g/mol. The molecule has 1 aliphatic rings. The van der Waals surface area contributed by atoms with Crippen molar-refractivity contribution < 1.29 is 4.79 Å². The predicted molar refractivity (Wildman–Crippen MR) is 70.9 cm³/mol. The average Bonchev–Trinajstić information content (AvgIpc) is 2.80. The van der Waals surface area contributed by atoms with Crippen molar-refractivity contribution in [3.63, 3.8) is 0 Å². The number of hydrogen-bond acceptors (Lipinski definition) is 4. The lowest BCUT2D eigenvalue weighted by Gasteiger charge is -2.13. The van der Waals surface area contributed by atoms with Crippen LogP contribution in [-0.4, -0.2) is 38.9 Å². The van der Waals surface area contributed by atoms with E-state index in [9.17, 15) is 4.79 Å². The number of aromatic nitrogens is 3. The maximum atomic E-state index is 12.1. The summed E-state index contributed by atoms with van der Waals surface area (Å²) >= 11 is 3.34. The zero-order valence-corrected chi connectivity index (χ0v) is 11.4. The lowest BCUT2D eigenvalue weighted by Crippen LogP contribution is -2.25. The molecule has 0 radical (unpaired) electrons. The normalized spacial score (nSPS) is 20.0. The standard InChI is InChI=1S/C11H12BrN5O/c1-16-3-2-8(10(16)18)17-9-7(15-11(17)13)4-6(12)5-14-9/h4-5,8H,2-3H2,1H3,(H2,13,15). The highest BCUT2D eigenvalue weighted by atomic mass is 79.9. The molecule has 1 fully saturated rings. The Morgan fingerprint density at radius 2 is 2.33 bits per heavy atom. The molecule has 0 aromatic carbocycles. The minimum atomic E-state index is -0.284. The molecule has 2 aromatic rings. The molecule has 0 bridgehead atoms. The van der Waals surface area contributed by atoms with Crippen LogP contribution in [0.4, 0.5) is 5.95 Å². The molecule has 1 atom stereocenters. The van der Waals surface area contributed by atoms with E-state index in [1.807, 2.05) is 6.07 Å². The van der Waals surface area contributed by atoms with Crippen molar-refractivity contribution in [2.45, 2.75) is 12.5 Å². The third kappa shape index (κ3) is 1.58. The van der Waals surface area contributed by atoms with E-state index in [1.165, 1.54) is 0 Å². The first-order valence-electron chi connectivity index (χ1n) is 5.62. The first-order chi connectivity index (χ1) is 8.58. The molecular formula is C11H12BrN5O. The molecule has 1 unspecified atom stereocenters. The molecule has 2 aromatic heterocycles. The van der Waals surface area contributed by atoms with Crippen LogP contribution in [0.2, 0.25) is 0 Å². The van der Waals surface area contributed by atoms with E-state index in [0.717, 1.165) is 17.4 Å². The van der Waals surface area contributed by atoms with Crippen molar-refractivity contribution in [3.05, 3.63) is 16.7 Å². The fraction of sp³-hybridized carbons (Fsp3) is 0.364. The molecule has 1 amide bonds. The fourth-order valence-electron chi connectivity index (χ4n) is 2.33. The molecule has 0 aliphatic carbocycles. The predicted octanol–water partition coefficient (Wildman–Crippen LogP) is 1.18. The van der Waals surface area contributed by atoms with Crippen LogP contribution < -0.4 is 5.73 Å². The summed E-state index contributed by atoms with van der Waals surface area (Å²) in [5, 5.41) is 0. The first-order valence-corrected chi connectivity index (χ1v) is 6.41. The van der Waals surface area contributed by atoms with E-state index in [0.29, 0.717) is 17.1 Å². The number of rotatable bonds is 1. The van der Waals surface area contributed by atoms with E-state index < -0.39 is 0 Å². The van der Waals surface area contributed by atoms with Crippen LogP contribution in [0.25, 0.3) is 11.2 Å². The van der Waals surface area contributed by atoms with Crippen molar-refractivity contribution in [2.75, 3.05) is 19.3 Å². The molecule has 18 heavy (non-hydrogen) atoms. The Labute approximate surface area is 112 Å². The van der Waals surface area contributed by atoms with Gasteiger partial charge in [0, 0.05) is 24.3 Å². The highest BCUT2D eigenvalue weighted by Gasteiger charge is 2.33. The summed E-state index contributed by atoms with van der Waals surface area (Å²) in [6, 6.07) is 1.56. The van der Waals surface area contributed by atoms with Crippen LogP contribution in [0.5, 0.6) is 0 Å². The van der Waals surface area contributed by atoms with Gasteiger partial charge in [0.05, 0.1) is 0 Å². The Bertz CT molecular complexity index is 638. The Morgan fingerprint density at radius 1 is 1.56 bits per heavy atom. The molecule has 2 N–H and O–H groups in total. The van der Waals surface area contributed by atoms with Crippen LogP contribution in [0.15, 0.2) is 16.7 Å². The van der Waals surface area contributed by atoms with Gasteiger partial charge in [-0.3, -0.25) is 9.36 Å². The number of hydrogen-bond donors (Lipinski definition) is 1. The van der Waals surface area contributed by atoms with Gasteiger partial charge in [-0.05, 0) is 28.4 Å². The quantitative estimate of drug-likeness (QED) is 0.858. The number of carbonyl (C=O) groups excluding carboxylic acids is 1. The molecule has 7 heteroatoms. The van der Waals surface area contributed by atoms with Gasteiger partial charge in [0.2, 0.25) is 11.9 Å². The van der Waals surface area contributed by atoms with E-state index in [2.05, 4.69) is 25.9 Å². The van der Waals surface area contributed by atoms with Crippen LogP contribution in [-0.2, 0) is 4.79 Å². The number of amides is 1. The number of imidazole rings is 1. The van der Waals surface area contributed by atoms with Crippen molar-refractivity contribution in [3.8, 4) is 0 Å². The smallest absolute Gasteiger partial charge is 0.245 e. The highest BCUT2D eigenvalue weighted by Crippen LogP contribution is 2.29. The number of fused-ring (bicyclic) bond motifs is 1. The molecule has 3 rings (SSSR count). The Morgan fingerprint density at radius 3 is 3.00 bits per heavy atom. The van der Waals surface area contributed by atoms with Crippen molar-refractivity contribution in [2.24, 2.45) is 0 Å². The molecule has 94 valence electrons. The molecule has 3 heterocycles. The van der Waals surface area contributed by atoms with Crippen LogP contribution in [0.3, 0.4) is 0 Å². The second-order valence-electron chi connectivity index (χ2n) is 4.40. The van der Waals surface area contributed by atoms with Gasteiger partial charge in [0.15, 0.2) is 5.65 Å². The van der Waals surface area contributed by atoms with Gasteiger partial charge in [-0.2, -0.15) is 0 Å². The molecule has 0 spiro atoms. The minimum absolute atomic E-state index is 0.0609. The third-order valence-electron chi connectivity index (χ3n) is 3.23. The number of anilines is 1. The van der Waals surface area contributed by atoms with Crippen molar-refractivity contribution in [1.82, 2.24) is 19.4 Å². The van der Waals surface area contributed by atoms with Gasteiger partial charge < -0.3 is 10.6 Å². The van der Waals surface area contributed by atoms with Crippen LogP contribution >= 0.6 is 15.9 Å². The monoisotopic (exact) mass is 309 g/mol. The number of halogens is 1. The van der Waals surface area contributed by atoms with Crippen molar-refractivity contribution >= 4 is 38.9 Å². The number of carbonyl (C=O) groups is 1. The minimum Gasteiger partial charge on any atom is -0.369 e. The Balaban J connectivity index is 2.17. The van der Waals surface area contributed by atoms with Gasteiger partial charge in [-0.25, -0.2) is 9.97 Å². The summed E-state index contributed by atoms with van der Waals surface area (Å²) in [6.45, 7) is 0.735.